The molecule has 5 heteroatoms. The molecule has 4 nitrogen and oxygen atoms in total. The molecule has 3 rings (SSSR count). The molecule has 24 heavy (non-hydrogen) atoms. The van der Waals surface area contributed by atoms with Gasteiger partial charge < -0.3 is 10.4 Å². The second-order valence-electron chi connectivity index (χ2n) is 5.74. The van der Waals surface area contributed by atoms with E-state index in [4.69, 9.17) is 11.6 Å². The minimum absolute atomic E-state index is 0.463. The maximum Gasteiger partial charge on any atom is 0.0967 e. The van der Waals surface area contributed by atoms with Gasteiger partial charge in [0.2, 0.25) is 0 Å². The highest BCUT2D eigenvalue weighted by Crippen LogP contribution is 2.22. The number of nitrogens with zero attached hydrogens (tertiary/aromatic N) is 2. The highest BCUT2D eigenvalue weighted by atomic mass is 35.5. The molecule has 0 spiro atoms. The first-order chi connectivity index (χ1) is 11.6. The first kappa shape index (κ1) is 16.7. The van der Waals surface area contributed by atoms with Gasteiger partial charge in [-0.15, -0.1) is 0 Å². The van der Waals surface area contributed by atoms with Gasteiger partial charge in [0.1, 0.15) is 0 Å². The molecule has 2 aromatic carbocycles. The van der Waals surface area contributed by atoms with Crippen molar-refractivity contribution in [2.45, 2.75) is 12.6 Å². The quantitative estimate of drug-likeness (QED) is 0.720. The van der Waals surface area contributed by atoms with Gasteiger partial charge in [0, 0.05) is 42.5 Å². The molecule has 0 saturated carbocycles. The van der Waals surface area contributed by atoms with Gasteiger partial charge in [-0.1, -0.05) is 54.1 Å². The van der Waals surface area contributed by atoms with E-state index in [9.17, 15) is 5.11 Å². The average Bonchev–Trinajstić information content (AvgIpc) is 2.97. The SMILES string of the molecule is Cn1cc(CNCC(O)c2ccc(Cl)cc2)c(-c2ccccc2)n1. The summed E-state index contributed by atoms with van der Waals surface area (Å²) in [6.07, 6.45) is 1.43. The van der Waals surface area contributed by atoms with Gasteiger partial charge in [-0.3, -0.25) is 4.68 Å². The predicted molar refractivity (Wildman–Crippen MR) is 96.8 cm³/mol. The maximum absolute atomic E-state index is 10.3. The molecule has 1 atom stereocenters. The number of aromatic nitrogens is 2. The van der Waals surface area contributed by atoms with Crippen molar-refractivity contribution in [2.75, 3.05) is 6.54 Å². The molecule has 0 bridgehead atoms. The maximum atomic E-state index is 10.3. The standard InChI is InChI=1S/C19H20ClN3O/c1-23-13-16(19(22-23)15-5-3-2-4-6-15)11-21-12-18(24)14-7-9-17(20)10-8-14/h2-10,13,18,21,24H,11-12H2,1H3. The van der Waals surface area contributed by atoms with Gasteiger partial charge in [0.15, 0.2) is 0 Å². The summed E-state index contributed by atoms with van der Waals surface area (Å²) in [5.41, 5.74) is 4.01. The lowest BCUT2D eigenvalue weighted by molar-refractivity contribution is 0.174. The van der Waals surface area contributed by atoms with Gasteiger partial charge in [-0.05, 0) is 17.7 Å². The molecule has 0 radical (unpaired) electrons. The van der Waals surface area contributed by atoms with Gasteiger partial charge in [-0.2, -0.15) is 5.10 Å². The third-order valence-electron chi connectivity index (χ3n) is 3.86. The molecule has 124 valence electrons. The van der Waals surface area contributed by atoms with E-state index in [1.165, 1.54) is 0 Å². The van der Waals surface area contributed by atoms with Crippen molar-refractivity contribution < 1.29 is 5.11 Å². The number of rotatable bonds is 6. The van der Waals surface area contributed by atoms with Crippen LogP contribution in [0.3, 0.4) is 0 Å². The Labute approximate surface area is 146 Å². The fourth-order valence-electron chi connectivity index (χ4n) is 2.65. The molecular formula is C19H20ClN3O. The Bertz CT molecular complexity index is 784. The lowest BCUT2D eigenvalue weighted by Crippen LogP contribution is -2.21. The van der Waals surface area contributed by atoms with Crippen molar-refractivity contribution in [2.24, 2.45) is 7.05 Å². The third-order valence-corrected chi connectivity index (χ3v) is 4.11. The van der Waals surface area contributed by atoms with Crippen molar-refractivity contribution in [3.8, 4) is 11.3 Å². The molecule has 0 amide bonds. The summed E-state index contributed by atoms with van der Waals surface area (Å²) >= 11 is 5.87. The zero-order valence-corrected chi connectivity index (χ0v) is 14.2. The molecule has 3 aromatic rings. The molecule has 0 aliphatic rings. The van der Waals surface area contributed by atoms with Crippen LogP contribution in [0.2, 0.25) is 5.02 Å². The Balaban J connectivity index is 1.64. The van der Waals surface area contributed by atoms with E-state index in [0.717, 1.165) is 22.4 Å². The summed E-state index contributed by atoms with van der Waals surface area (Å²) in [5.74, 6) is 0. The fourth-order valence-corrected chi connectivity index (χ4v) is 2.78. The van der Waals surface area contributed by atoms with E-state index in [2.05, 4.69) is 10.4 Å². The third kappa shape index (κ3) is 4.03. The first-order valence-electron chi connectivity index (χ1n) is 7.85. The van der Waals surface area contributed by atoms with Crippen LogP contribution in [0, 0.1) is 0 Å². The van der Waals surface area contributed by atoms with Crippen LogP contribution in [-0.2, 0) is 13.6 Å². The molecule has 0 saturated heterocycles. The van der Waals surface area contributed by atoms with Crippen molar-refractivity contribution in [1.82, 2.24) is 15.1 Å². The zero-order valence-electron chi connectivity index (χ0n) is 13.5. The highest BCUT2D eigenvalue weighted by Gasteiger charge is 2.11. The number of nitrogens with one attached hydrogen (secondary N) is 1. The molecule has 1 unspecified atom stereocenters. The van der Waals surface area contributed by atoms with Gasteiger partial charge in [-0.25, -0.2) is 0 Å². The van der Waals surface area contributed by atoms with Crippen LogP contribution in [0.15, 0.2) is 60.8 Å². The van der Waals surface area contributed by atoms with Crippen LogP contribution in [-0.4, -0.2) is 21.4 Å². The molecule has 0 aliphatic heterocycles. The molecule has 1 aromatic heterocycles. The van der Waals surface area contributed by atoms with Gasteiger partial charge in [0.25, 0.3) is 0 Å². The van der Waals surface area contributed by atoms with Crippen LogP contribution in [0.4, 0.5) is 0 Å². The van der Waals surface area contributed by atoms with Crippen molar-refractivity contribution in [3.63, 3.8) is 0 Å². The Hall–Kier alpha value is -2.14. The average molecular weight is 342 g/mol. The van der Waals surface area contributed by atoms with E-state index >= 15 is 0 Å². The van der Waals surface area contributed by atoms with E-state index in [1.54, 1.807) is 12.1 Å². The van der Waals surface area contributed by atoms with Crippen LogP contribution in [0.25, 0.3) is 11.3 Å². The summed E-state index contributed by atoms with van der Waals surface area (Å²) in [6.45, 7) is 1.10. The number of benzene rings is 2. The second kappa shape index (κ2) is 7.62. The molecular weight excluding hydrogens is 322 g/mol. The summed E-state index contributed by atoms with van der Waals surface area (Å²) in [5, 5.41) is 18.8. The van der Waals surface area contributed by atoms with Gasteiger partial charge in [0.05, 0.1) is 11.8 Å². The summed E-state index contributed by atoms with van der Waals surface area (Å²) in [6, 6.07) is 17.4. The molecule has 2 N–H and O–H groups in total. The van der Waals surface area contributed by atoms with Crippen molar-refractivity contribution >= 4 is 11.6 Å². The molecule has 0 aliphatic carbocycles. The highest BCUT2D eigenvalue weighted by molar-refractivity contribution is 6.30. The van der Waals surface area contributed by atoms with E-state index < -0.39 is 6.10 Å². The normalized spacial score (nSPS) is 12.3. The van der Waals surface area contributed by atoms with Crippen LogP contribution in [0.1, 0.15) is 17.2 Å². The Morgan fingerprint density at radius 3 is 2.54 bits per heavy atom. The van der Waals surface area contributed by atoms with Crippen LogP contribution in [0.5, 0.6) is 0 Å². The summed E-state index contributed by atoms with van der Waals surface area (Å²) in [7, 11) is 1.92. The Morgan fingerprint density at radius 2 is 1.83 bits per heavy atom. The van der Waals surface area contributed by atoms with Gasteiger partial charge >= 0.3 is 0 Å². The van der Waals surface area contributed by atoms with Crippen LogP contribution >= 0.6 is 11.6 Å². The van der Waals surface area contributed by atoms with E-state index in [-0.39, 0.29) is 0 Å². The second-order valence-corrected chi connectivity index (χ2v) is 6.18. The van der Waals surface area contributed by atoms with Crippen LogP contribution < -0.4 is 5.32 Å². The Morgan fingerprint density at radius 1 is 1.12 bits per heavy atom. The number of aliphatic hydroxyl groups excluding tert-OH is 1. The number of aryl methyl sites for hydroxylation is 1. The Kier molecular flexibility index (Phi) is 5.30. The lowest BCUT2D eigenvalue weighted by atomic mass is 10.1. The zero-order chi connectivity index (χ0) is 16.9. The molecule has 1 heterocycles. The van der Waals surface area contributed by atoms with E-state index in [1.807, 2.05) is 60.4 Å². The largest absolute Gasteiger partial charge is 0.387 e. The van der Waals surface area contributed by atoms with Crippen molar-refractivity contribution in [3.05, 3.63) is 76.9 Å². The number of hydrogen-bond donors (Lipinski definition) is 2. The predicted octanol–water partition coefficient (Wildman–Crippen LogP) is 3.56. The smallest absolute Gasteiger partial charge is 0.0967 e. The van der Waals surface area contributed by atoms with E-state index in [0.29, 0.717) is 18.1 Å². The number of halogens is 1. The topological polar surface area (TPSA) is 50.1 Å². The molecule has 0 fully saturated rings. The minimum atomic E-state index is -0.570. The number of aliphatic hydroxyl groups is 1. The fraction of sp³-hybridized carbons (Fsp3) is 0.211. The number of hydrogen-bond acceptors (Lipinski definition) is 3. The van der Waals surface area contributed by atoms with Crippen molar-refractivity contribution in [1.29, 1.82) is 0 Å². The summed E-state index contributed by atoms with van der Waals surface area (Å²) < 4.78 is 1.81. The lowest BCUT2D eigenvalue weighted by Gasteiger charge is -2.12. The monoisotopic (exact) mass is 341 g/mol. The summed E-state index contributed by atoms with van der Waals surface area (Å²) in [4.78, 5) is 0. The minimum Gasteiger partial charge on any atom is -0.387 e. The first-order valence-corrected chi connectivity index (χ1v) is 8.23.